The number of ether oxygens (including phenoxy) is 1. The molecule has 0 aliphatic heterocycles. The molecule has 1 rings (SSSR count). The van der Waals surface area contributed by atoms with E-state index >= 15 is 0 Å². The van der Waals surface area contributed by atoms with Gasteiger partial charge in [0.15, 0.2) is 0 Å². The zero-order valence-corrected chi connectivity index (χ0v) is 15.7. The molecule has 1 aromatic rings. The first kappa shape index (κ1) is 21.6. The number of aliphatic carboxylic acids is 1. The van der Waals surface area contributed by atoms with Gasteiger partial charge in [-0.25, -0.2) is 4.79 Å². The number of nitrogens with one attached hydrogen (secondary N) is 1. The van der Waals surface area contributed by atoms with Gasteiger partial charge in [-0.05, 0) is 12.0 Å². The molecule has 1 N–H and O–H groups in total. The summed E-state index contributed by atoms with van der Waals surface area (Å²) >= 11 is 0. The number of nitrogens with zero attached hydrogens (tertiary/aromatic N) is 1. The van der Waals surface area contributed by atoms with Crippen LogP contribution in [0.1, 0.15) is 18.9 Å². The summed E-state index contributed by atoms with van der Waals surface area (Å²) in [6.45, 7) is 3.74. The van der Waals surface area contributed by atoms with E-state index in [0.29, 0.717) is 24.1 Å². The predicted octanol–water partition coefficient (Wildman–Crippen LogP) is -2.48. The lowest BCUT2D eigenvalue weighted by atomic mass is 10.2. The molecule has 0 heterocycles. The van der Waals surface area contributed by atoms with Crippen molar-refractivity contribution in [2.45, 2.75) is 20.0 Å². The van der Waals surface area contributed by atoms with Crippen molar-refractivity contribution in [1.82, 2.24) is 5.32 Å². The van der Waals surface area contributed by atoms with E-state index in [0.717, 1.165) is 12.0 Å². The number of hydrogen-bond donors (Lipinski definition) is 1. The molecule has 1 amide bonds. The van der Waals surface area contributed by atoms with Crippen LogP contribution < -0.4 is 34.4 Å². The van der Waals surface area contributed by atoms with Gasteiger partial charge in [0.2, 0.25) is 0 Å². The van der Waals surface area contributed by atoms with Crippen molar-refractivity contribution in [3.05, 3.63) is 35.9 Å². The van der Waals surface area contributed by atoms with E-state index in [2.05, 4.69) is 5.32 Å². The van der Waals surface area contributed by atoms with Crippen molar-refractivity contribution >= 4 is 12.1 Å². The maximum Gasteiger partial charge on any atom is 0.407 e. The van der Waals surface area contributed by atoms with Gasteiger partial charge in [0.05, 0.1) is 32.7 Å². The SMILES string of the molecule is CCC[N+](C)(CCNC(=O)OCc1ccccc1)CC(=O)[O-].[I-]. The van der Waals surface area contributed by atoms with Crippen LogP contribution in [0.2, 0.25) is 0 Å². The molecule has 0 aliphatic carbocycles. The number of carbonyl (C=O) groups excluding carboxylic acids is 2. The van der Waals surface area contributed by atoms with Gasteiger partial charge in [0.1, 0.15) is 13.2 Å². The van der Waals surface area contributed by atoms with Crippen molar-refractivity contribution in [3.63, 3.8) is 0 Å². The Morgan fingerprint density at radius 2 is 1.87 bits per heavy atom. The molecule has 0 radical (unpaired) electrons. The van der Waals surface area contributed by atoms with Crippen LogP contribution in [0.3, 0.4) is 0 Å². The molecular formula is C16H24IN2O4-. The number of carboxylic acid groups (broad SMARTS) is 1. The first-order valence-electron chi connectivity index (χ1n) is 7.43. The molecule has 0 bridgehead atoms. The maximum absolute atomic E-state index is 11.6. The van der Waals surface area contributed by atoms with Gasteiger partial charge in [-0.15, -0.1) is 0 Å². The number of alkyl carbamates (subject to hydrolysis) is 1. The van der Waals surface area contributed by atoms with Crippen LogP contribution in [0, 0.1) is 0 Å². The molecule has 0 aliphatic rings. The number of quaternary nitrogens is 1. The molecule has 1 atom stereocenters. The van der Waals surface area contributed by atoms with E-state index in [-0.39, 0.29) is 37.1 Å². The van der Waals surface area contributed by atoms with Crippen LogP contribution in [0.5, 0.6) is 0 Å². The van der Waals surface area contributed by atoms with Crippen molar-refractivity contribution in [2.24, 2.45) is 0 Å². The maximum atomic E-state index is 11.6. The topological polar surface area (TPSA) is 78.5 Å². The molecule has 0 fully saturated rings. The highest BCUT2D eigenvalue weighted by molar-refractivity contribution is 5.67. The van der Waals surface area contributed by atoms with Crippen molar-refractivity contribution in [3.8, 4) is 0 Å². The summed E-state index contributed by atoms with van der Waals surface area (Å²) in [6, 6.07) is 9.41. The van der Waals surface area contributed by atoms with Crippen molar-refractivity contribution in [2.75, 3.05) is 33.2 Å². The molecule has 1 aromatic carbocycles. The van der Waals surface area contributed by atoms with E-state index in [4.69, 9.17) is 4.74 Å². The van der Waals surface area contributed by atoms with Gasteiger partial charge < -0.3 is 48.4 Å². The molecule has 0 spiro atoms. The molecule has 0 aromatic heterocycles. The number of carbonyl (C=O) groups is 2. The van der Waals surface area contributed by atoms with E-state index in [1.54, 1.807) is 0 Å². The predicted molar refractivity (Wildman–Crippen MR) is 80.7 cm³/mol. The van der Waals surface area contributed by atoms with Crippen LogP contribution in [0.15, 0.2) is 30.3 Å². The minimum Gasteiger partial charge on any atom is -1.00 e. The lowest BCUT2D eigenvalue weighted by Gasteiger charge is -2.34. The Bertz CT molecular complexity index is 484. The fraction of sp³-hybridized carbons (Fsp3) is 0.500. The Kier molecular flexibility index (Phi) is 10.6. The Hall–Kier alpha value is -1.35. The Balaban J connectivity index is 0.00000484. The molecule has 130 valence electrons. The second-order valence-electron chi connectivity index (χ2n) is 5.59. The quantitative estimate of drug-likeness (QED) is 0.345. The number of hydrogen-bond acceptors (Lipinski definition) is 4. The Labute approximate surface area is 154 Å². The summed E-state index contributed by atoms with van der Waals surface area (Å²) in [4.78, 5) is 22.4. The van der Waals surface area contributed by atoms with Gasteiger partial charge >= 0.3 is 6.09 Å². The minimum atomic E-state index is -1.08. The number of benzene rings is 1. The number of carboxylic acids is 1. The second-order valence-corrected chi connectivity index (χ2v) is 5.59. The standard InChI is InChI=1S/C16H24N2O4.HI/c1-3-10-18(2,12-15(19)20)11-9-17-16(21)22-13-14-7-5-4-6-8-14;/h4-8H,3,9-13H2,1-2H3,(H-,17,19,20,21);1H/p-1. The molecular weight excluding hydrogens is 411 g/mol. The lowest BCUT2D eigenvalue weighted by molar-refractivity contribution is -0.903. The zero-order chi connectivity index (χ0) is 16.4. The smallest absolute Gasteiger partial charge is 0.407 e. The average Bonchev–Trinajstić information content (AvgIpc) is 2.45. The number of likely N-dealkylation sites (N-methyl/N-ethyl adjacent to an activating group) is 1. The largest absolute Gasteiger partial charge is 1.00 e. The normalized spacial score (nSPS) is 12.6. The highest BCUT2D eigenvalue weighted by Crippen LogP contribution is 2.03. The third kappa shape index (κ3) is 9.39. The Morgan fingerprint density at radius 1 is 1.22 bits per heavy atom. The van der Waals surface area contributed by atoms with E-state index < -0.39 is 12.1 Å². The van der Waals surface area contributed by atoms with Crippen molar-refractivity contribution < 1.29 is 47.9 Å². The number of amides is 1. The number of rotatable bonds is 9. The minimum absolute atomic E-state index is 0. The van der Waals surface area contributed by atoms with Gasteiger partial charge in [-0.1, -0.05) is 37.3 Å². The average molecular weight is 435 g/mol. The fourth-order valence-corrected chi connectivity index (χ4v) is 2.32. The summed E-state index contributed by atoms with van der Waals surface area (Å²) in [5.41, 5.74) is 0.918. The van der Waals surface area contributed by atoms with Crippen LogP contribution in [0.4, 0.5) is 4.79 Å². The van der Waals surface area contributed by atoms with Crippen LogP contribution in [-0.2, 0) is 16.1 Å². The molecule has 23 heavy (non-hydrogen) atoms. The summed E-state index contributed by atoms with van der Waals surface area (Å²) in [5, 5.41) is 13.5. The van der Waals surface area contributed by atoms with Gasteiger partial charge in [0.25, 0.3) is 0 Å². The molecule has 0 saturated heterocycles. The van der Waals surface area contributed by atoms with Crippen LogP contribution in [0.25, 0.3) is 0 Å². The first-order valence-corrected chi connectivity index (χ1v) is 7.43. The van der Waals surface area contributed by atoms with E-state index in [1.807, 2.05) is 44.3 Å². The Morgan fingerprint density at radius 3 is 2.43 bits per heavy atom. The summed E-state index contributed by atoms with van der Waals surface area (Å²) in [7, 11) is 1.84. The molecule has 6 nitrogen and oxygen atoms in total. The number of halogens is 1. The summed E-state index contributed by atoms with van der Waals surface area (Å²) in [6.07, 6.45) is 0.364. The van der Waals surface area contributed by atoms with Crippen LogP contribution in [-0.4, -0.2) is 49.8 Å². The monoisotopic (exact) mass is 435 g/mol. The van der Waals surface area contributed by atoms with Crippen molar-refractivity contribution in [1.29, 1.82) is 0 Å². The first-order chi connectivity index (χ1) is 10.4. The highest BCUT2D eigenvalue weighted by Gasteiger charge is 2.20. The third-order valence-corrected chi connectivity index (χ3v) is 3.41. The molecule has 0 saturated carbocycles. The van der Waals surface area contributed by atoms with Gasteiger partial charge in [0, 0.05) is 0 Å². The lowest BCUT2D eigenvalue weighted by Crippen LogP contribution is -3.00. The second kappa shape index (κ2) is 11.2. The highest BCUT2D eigenvalue weighted by atomic mass is 127. The zero-order valence-electron chi connectivity index (χ0n) is 13.6. The third-order valence-electron chi connectivity index (χ3n) is 3.41. The van der Waals surface area contributed by atoms with Crippen LogP contribution >= 0.6 is 0 Å². The fourth-order valence-electron chi connectivity index (χ4n) is 2.32. The summed E-state index contributed by atoms with van der Waals surface area (Å²) < 4.78 is 5.43. The summed E-state index contributed by atoms with van der Waals surface area (Å²) in [5.74, 6) is -1.08. The molecule has 1 unspecified atom stereocenters. The molecule has 7 heteroatoms. The van der Waals surface area contributed by atoms with Gasteiger partial charge in [-0.2, -0.15) is 0 Å². The van der Waals surface area contributed by atoms with Gasteiger partial charge in [-0.3, -0.25) is 0 Å². The van der Waals surface area contributed by atoms with E-state index in [9.17, 15) is 14.7 Å². The van der Waals surface area contributed by atoms with E-state index in [1.165, 1.54) is 0 Å².